The Balaban J connectivity index is 1.45. The predicted molar refractivity (Wildman–Crippen MR) is 168 cm³/mol. The summed E-state index contributed by atoms with van der Waals surface area (Å²) in [6.45, 7) is 7.33. The first-order valence-electron chi connectivity index (χ1n) is 14.9. The van der Waals surface area contributed by atoms with Gasteiger partial charge in [0.15, 0.2) is 5.82 Å². The molecule has 0 radical (unpaired) electrons. The average Bonchev–Trinajstić information content (AvgIpc) is 3.35. The van der Waals surface area contributed by atoms with Crippen molar-refractivity contribution in [3.63, 3.8) is 0 Å². The van der Waals surface area contributed by atoms with E-state index in [0.717, 1.165) is 23.5 Å². The summed E-state index contributed by atoms with van der Waals surface area (Å²) < 4.78 is 50.5. The smallest absolute Gasteiger partial charge is 0.308 e. The van der Waals surface area contributed by atoms with Gasteiger partial charge in [-0.15, -0.1) is 0 Å². The molecule has 4 aromatic rings. The Bertz CT molecular complexity index is 1620. The molecular weight excluding hydrogens is 582 g/mol. The zero-order chi connectivity index (χ0) is 31.4. The highest BCUT2D eigenvalue weighted by atomic mass is 28.3. The van der Waals surface area contributed by atoms with Crippen molar-refractivity contribution >= 4 is 31.4 Å². The quantitative estimate of drug-likeness (QED) is 0.0735. The lowest BCUT2D eigenvalue weighted by molar-refractivity contribution is -0.147. The molecule has 1 aromatic heterocycles. The third-order valence-corrected chi connectivity index (χ3v) is 9.86. The van der Waals surface area contributed by atoms with Crippen LogP contribution in [-0.2, 0) is 21.0 Å². The minimum Gasteiger partial charge on any atom is -0.469 e. The minimum absolute atomic E-state index is 0.00183. The first-order chi connectivity index (χ1) is 21.1. The van der Waals surface area contributed by atoms with Crippen LogP contribution < -0.4 is 4.74 Å². The monoisotopic (exact) mass is 620 g/mol. The minimum atomic E-state index is -1.35. The van der Waals surface area contributed by atoms with Crippen molar-refractivity contribution < 1.29 is 32.6 Å². The van der Waals surface area contributed by atoms with E-state index in [1.807, 2.05) is 12.1 Å². The fraction of sp³-hybridized carbons (Fsp3) is 0.382. The standard InChI is InChI=1S/C34H38F2N2O5Si/c1-41-33(40)26-13-15-27(16-14-26)43-34-37-32-29(38(34)21-42-17-18-44(2,3)4)19-28(35)30(31(32)36)25-11-9-24(10-12-25)23-7-5-22(20-39)6-8-23/h5-12,19-20,26-27H,13-18,21H2,1-4H3. The van der Waals surface area contributed by atoms with Crippen LogP contribution in [0.15, 0.2) is 54.6 Å². The van der Waals surface area contributed by atoms with Gasteiger partial charge in [0.1, 0.15) is 30.5 Å². The number of rotatable bonds is 11. The first-order valence-corrected chi connectivity index (χ1v) is 18.6. The van der Waals surface area contributed by atoms with E-state index in [9.17, 15) is 9.59 Å². The molecule has 0 spiro atoms. The van der Waals surface area contributed by atoms with E-state index >= 15 is 8.78 Å². The topological polar surface area (TPSA) is 79.7 Å². The maximum Gasteiger partial charge on any atom is 0.308 e. The normalized spacial score (nSPS) is 17.0. The second-order valence-electron chi connectivity index (χ2n) is 12.5. The van der Waals surface area contributed by atoms with Crippen LogP contribution in [-0.4, -0.2) is 49.7 Å². The lowest BCUT2D eigenvalue weighted by Gasteiger charge is -2.27. The first kappa shape index (κ1) is 31.5. The summed E-state index contributed by atoms with van der Waals surface area (Å²) in [5.41, 5.74) is 2.76. The van der Waals surface area contributed by atoms with Gasteiger partial charge >= 0.3 is 5.97 Å². The second-order valence-corrected chi connectivity index (χ2v) is 18.1. The van der Waals surface area contributed by atoms with Crippen molar-refractivity contribution in [2.24, 2.45) is 5.92 Å². The number of methoxy groups -OCH3 is 1. The van der Waals surface area contributed by atoms with Gasteiger partial charge in [0.25, 0.3) is 6.01 Å². The number of ether oxygens (including phenoxy) is 3. The number of nitrogens with zero attached hydrogens (tertiary/aromatic N) is 2. The third kappa shape index (κ3) is 7.08. The van der Waals surface area contributed by atoms with Crippen LogP contribution in [0.3, 0.4) is 0 Å². The molecule has 0 bridgehead atoms. The van der Waals surface area contributed by atoms with E-state index in [2.05, 4.69) is 24.6 Å². The number of carbonyl (C=O) groups is 2. The molecule has 0 atom stereocenters. The van der Waals surface area contributed by atoms with Gasteiger partial charge in [-0.05, 0) is 48.4 Å². The zero-order valence-electron chi connectivity index (χ0n) is 25.6. The Labute approximate surface area is 257 Å². The molecule has 1 aliphatic carbocycles. The largest absolute Gasteiger partial charge is 0.469 e. The van der Waals surface area contributed by atoms with E-state index in [1.165, 1.54) is 13.2 Å². The second kappa shape index (κ2) is 13.4. The van der Waals surface area contributed by atoms with Gasteiger partial charge in [0.05, 0.1) is 24.1 Å². The Kier molecular flexibility index (Phi) is 9.60. The molecule has 44 heavy (non-hydrogen) atoms. The van der Waals surface area contributed by atoms with E-state index in [0.29, 0.717) is 43.4 Å². The SMILES string of the molecule is COC(=O)C1CCC(Oc2nc3c(F)c(-c4ccc(-c5ccc(C=O)cc5)cc4)c(F)cc3n2COCC[Si](C)(C)C)CC1. The van der Waals surface area contributed by atoms with E-state index in [1.54, 1.807) is 41.0 Å². The average molecular weight is 621 g/mol. The van der Waals surface area contributed by atoms with Crippen molar-refractivity contribution in [2.45, 2.75) is 64.2 Å². The van der Waals surface area contributed by atoms with Gasteiger partial charge in [-0.3, -0.25) is 14.2 Å². The van der Waals surface area contributed by atoms with Gasteiger partial charge in [0, 0.05) is 26.3 Å². The maximum atomic E-state index is 16.1. The van der Waals surface area contributed by atoms with Crippen LogP contribution in [0.25, 0.3) is 33.3 Å². The molecule has 0 unspecified atom stereocenters. The lowest BCUT2D eigenvalue weighted by Crippen LogP contribution is -2.29. The number of aromatic nitrogens is 2. The summed E-state index contributed by atoms with van der Waals surface area (Å²) in [6.07, 6.45) is 3.02. The lowest BCUT2D eigenvalue weighted by atomic mass is 9.87. The Morgan fingerprint density at radius 2 is 1.59 bits per heavy atom. The molecule has 0 saturated heterocycles. The summed E-state index contributed by atoms with van der Waals surface area (Å²) in [6, 6.07) is 16.4. The fourth-order valence-corrected chi connectivity index (χ4v) is 6.25. The van der Waals surface area contributed by atoms with Crippen LogP contribution in [0.2, 0.25) is 25.7 Å². The van der Waals surface area contributed by atoms with Crippen molar-refractivity contribution in [3.05, 3.63) is 71.8 Å². The van der Waals surface area contributed by atoms with Crippen LogP contribution in [0.5, 0.6) is 6.01 Å². The molecule has 3 aromatic carbocycles. The van der Waals surface area contributed by atoms with Crippen LogP contribution in [0.4, 0.5) is 8.78 Å². The summed E-state index contributed by atoms with van der Waals surface area (Å²) in [5, 5.41) is 0. The molecule has 0 amide bonds. The number of aldehydes is 1. The fourth-order valence-electron chi connectivity index (χ4n) is 5.50. The summed E-state index contributed by atoms with van der Waals surface area (Å²) >= 11 is 0. The highest BCUT2D eigenvalue weighted by Crippen LogP contribution is 2.36. The van der Waals surface area contributed by atoms with Gasteiger partial charge < -0.3 is 14.2 Å². The zero-order valence-corrected chi connectivity index (χ0v) is 26.6. The molecule has 1 aliphatic rings. The Morgan fingerprint density at radius 3 is 2.18 bits per heavy atom. The van der Waals surface area contributed by atoms with Crippen LogP contribution in [0, 0.1) is 17.6 Å². The molecular formula is C34H38F2N2O5Si. The molecule has 1 fully saturated rings. The number of esters is 1. The van der Waals surface area contributed by atoms with E-state index < -0.39 is 19.7 Å². The molecule has 0 N–H and O–H groups in total. The van der Waals surface area contributed by atoms with Crippen LogP contribution in [0.1, 0.15) is 36.0 Å². The number of halogens is 2. The summed E-state index contributed by atoms with van der Waals surface area (Å²) in [4.78, 5) is 27.5. The van der Waals surface area contributed by atoms with Gasteiger partial charge in [-0.25, -0.2) is 8.78 Å². The van der Waals surface area contributed by atoms with Crippen molar-refractivity contribution in [1.82, 2.24) is 9.55 Å². The third-order valence-electron chi connectivity index (χ3n) is 8.15. The molecule has 7 nitrogen and oxygen atoms in total. The number of fused-ring (bicyclic) bond motifs is 1. The number of benzene rings is 3. The van der Waals surface area contributed by atoms with E-state index in [4.69, 9.17) is 14.2 Å². The van der Waals surface area contributed by atoms with Gasteiger partial charge in [-0.1, -0.05) is 68.2 Å². The van der Waals surface area contributed by atoms with Gasteiger partial charge in [0.2, 0.25) is 0 Å². The number of carbonyl (C=O) groups excluding carboxylic acids is 2. The van der Waals surface area contributed by atoms with Crippen molar-refractivity contribution in [2.75, 3.05) is 13.7 Å². The molecule has 1 heterocycles. The molecule has 5 rings (SSSR count). The summed E-state index contributed by atoms with van der Waals surface area (Å²) in [7, 11) is 0.0424. The number of imidazole rings is 1. The Morgan fingerprint density at radius 1 is 0.977 bits per heavy atom. The van der Waals surface area contributed by atoms with Gasteiger partial charge in [-0.2, -0.15) is 4.98 Å². The molecule has 1 saturated carbocycles. The summed E-state index contributed by atoms with van der Waals surface area (Å²) in [5.74, 6) is -1.88. The molecule has 0 aliphatic heterocycles. The Hall–Kier alpha value is -3.89. The van der Waals surface area contributed by atoms with Crippen molar-refractivity contribution in [3.8, 4) is 28.3 Å². The predicted octanol–water partition coefficient (Wildman–Crippen LogP) is 7.88. The van der Waals surface area contributed by atoms with Crippen LogP contribution >= 0.6 is 0 Å². The van der Waals surface area contributed by atoms with Crippen molar-refractivity contribution in [1.29, 1.82) is 0 Å². The highest BCUT2D eigenvalue weighted by molar-refractivity contribution is 6.76. The number of hydrogen-bond donors (Lipinski definition) is 0. The number of hydrogen-bond acceptors (Lipinski definition) is 6. The van der Waals surface area contributed by atoms with E-state index in [-0.39, 0.29) is 47.3 Å². The molecule has 10 heteroatoms. The maximum absolute atomic E-state index is 16.1. The highest BCUT2D eigenvalue weighted by Gasteiger charge is 2.30. The molecule has 232 valence electrons.